The third-order valence-electron chi connectivity index (χ3n) is 4.26. The van der Waals surface area contributed by atoms with Gasteiger partial charge in [-0.2, -0.15) is 0 Å². The highest BCUT2D eigenvalue weighted by Crippen LogP contribution is 1.99. The normalized spacial score (nSPS) is 9.47. The lowest BCUT2D eigenvalue weighted by Gasteiger charge is -2.07. The number of nitrogens with zero attached hydrogens (tertiary/aromatic N) is 1. The van der Waals surface area contributed by atoms with Gasteiger partial charge < -0.3 is 10.6 Å². The van der Waals surface area contributed by atoms with E-state index in [2.05, 4.69) is 27.8 Å². The van der Waals surface area contributed by atoms with Crippen molar-refractivity contribution in [3.05, 3.63) is 108 Å². The minimum Gasteiger partial charge on any atom is -0.338 e. The molecule has 5 heteroatoms. The van der Waals surface area contributed by atoms with Crippen molar-refractivity contribution in [3.8, 4) is 0 Å². The third-order valence-corrected chi connectivity index (χ3v) is 4.26. The van der Waals surface area contributed by atoms with E-state index in [-0.39, 0.29) is 6.03 Å². The van der Waals surface area contributed by atoms with Gasteiger partial charge in [-0.3, -0.25) is 0 Å². The Morgan fingerprint density at radius 3 is 1.73 bits per heavy atom. The van der Waals surface area contributed by atoms with Crippen molar-refractivity contribution in [2.24, 2.45) is 4.99 Å². The Balaban J connectivity index is 0.000000248. The number of nitrogens with one attached hydrogen (secondary N) is 2. The molecule has 3 aromatic carbocycles. The second-order valence-corrected chi connectivity index (χ2v) is 6.54. The first-order chi connectivity index (χ1) is 14.8. The first-order valence-corrected chi connectivity index (χ1v) is 9.95. The maximum absolute atomic E-state index is 11.6. The molecule has 0 atom stereocenters. The minimum atomic E-state index is -0.125. The van der Waals surface area contributed by atoms with Gasteiger partial charge >= 0.3 is 6.03 Å². The molecule has 0 heterocycles. The van der Waals surface area contributed by atoms with Crippen LogP contribution < -0.4 is 10.6 Å². The molecule has 3 aromatic rings. The molecule has 154 valence electrons. The van der Waals surface area contributed by atoms with Crippen molar-refractivity contribution in [1.82, 2.24) is 10.6 Å². The summed E-state index contributed by atoms with van der Waals surface area (Å²) in [7, 11) is 0. The number of aliphatic imine (C=N–C) groups is 1. The van der Waals surface area contributed by atoms with E-state index in [1.54, 1.807) is 0 Å². The lowest BCUT2D eigenvalue weighted by Crippen LogP contribution is -2.36. The lowest BCUT2D eigenvalue weighted by molar-refractivity contribution is 0.240. The van der Waals surface area contributed by atoms with Crippen LogP contribution in [0.25, 0.3) is 0 Å². The van der Waals surface area contributed by atoms with E-state index >= 15 is 0 Å². The Kier molecular flexibility index (Phi) is 10.8. The molecule has 2 N–H and O–H groups in total. The molecule has 0 aliphatic carbocycles. The molecule has 0 saturated carbocycles. The maximum atomic E-state index is 11.6. The van der Waals surface area contributed by atoms with Crippen LogP contribution in [0.15, 0.2) is 96.0 Å². The number of amides is 2. The van der Waals surface area contributed by atoms with Crippen molar-refractivity contribution in [2.75, 3.05) is 13.1 Å². The molecular weight excluding hydrogens is 374 g/mol. The van der Waals surface area contributed by atoms with Crippen molar-refractivity contribution in [3.63, 3.8) is 0 Å². The van der Waals surface area contributed by atoms with Crippen molar-refractivity contribution in [1.29, 1.82) is 0 Å². The maximum Gasteiger partial charge on any atom is 0.315 e. The number of rotatable bonds is 8. The highest BCUT2D eigenvalue weighted by molar-refractivity contribution is 5.73. The summed E-state index contributed by atoms with van der Waals surface area (Å²) in [5.74, 6) is 0. The van der Waals surface area contributed by atoms with Gasteiger partial charge in [-0.1, -0.05) is 91.0 Å². The van der Waals surface area contributed by atoms with Crippen LogP contribution in [0.4, 0.5) is 4.79 Å². The van der Waals surface area contributed by atoms with Gasteiger partial charge in [0.05, 0.1) is 6.54 Å². The fourth-order valence-corrected chi connectivity index (χ4v) is 2.68. The minimum absolute atomic E-state index is 0.125. The molecule has 0 unspecified atom stereocenters. The van der Waals surface area contributed by atoms with E-state index in [0.29, 0.717) is 19.6 Å². The van der Waals surface area contributed by atoms with Crippen molar-refractivity contribution in [2.45, 2.75) is 19.4 Å². The van der Waals surface area contributed by atoms with Crippen LogP contribution in [0.3, 0.4) is 0 Å². The van der Waals surface area contributed by atoms with Crippen LogP contribution in [-0.2, 0) is 24.2 Å². The zero-order valence-corrected chi connectivity index (χ0v) is 17.0. The summed E-state index contributed by atoms with van der Waals surface area (Å²) in [6.07, 6.45) is 3.18. The van der Waals surface area contributed by atoms with Crippen molar-refractivity contribution < 1.29 is 9.59 Å². The van der Waals surface area contributed by atoms with Gasteiger partial charge in [0.1, 0.15) is 0 Å². The van der Waals surface area contributed by atoms with Crippen LogP contribution in [0.2, 0.25) is 0 Å². The summed E-state index contributed by atoms with van der Waals surface area (Å²) in [6.45, 7) is 1.73. The zero-order valence-electron chi connectivity index (χ0n) is 17.0. The Hall–Kier alpha value is -3.69. The summed E-state index contributed by atoms with van der Waals surface area (Å²) >= 11 is 0. The average molecular weight is 402 g/mol. The lowest BCUT2D eigenvalue weighted by atomic mass is 10.1. The first kappa shape index (κ1) is 22.6. The Morgan fingerprint density at radius 2 is 1.20 bits per heavy atom. The summed E-state index contributed by atoms with van der Waals surface area (Å²) in [4.78, 5) is 24.7. The first-order valence-electron chi connectivity index (χ1n) is 9.95. The summed E-state index contributed by atoms with van der Waals surface area (Å²) in [5, 5.41) is 5.69. The van der Waals surface area contributed by atoms with Gasteiger partial charge in [0.2, 0.25) is 6.08 Å². The van der Waals surface area contributed by atoms with Crippen LogP contribution in [0.5, 0.6) is 0 Å². The molecule has 0 radical (unpaired) electrons. The van der Waals surface area contributed by atoms with E-state index in [1.165, 1.54) is 17.2 Å². The molecule has 0 aromatic heterocycles. The van der Waals surface area contributed by atoms with Gasteiger partial charge in [-0.05, 0) is 29.5 Å². The van der Waals surface area contributed by atoms with Crippen LogP contribution in [-0.4, -0.2) is 25.2 Å². The van der Waals surface area contributed by atoms with E-state index in [1.807, 2.05) is 78.9 Å². The summed E-state index contributed by atoms with van der Waals surface area (Å²) < 4.78 is 0. The van der Waals surface area contributed by atoms with E-state index in [9.17, 15) is 9.59 Å². The molecule has 5 nitrogen and oxygen atoms in total. The second-order valence-electron chi connectivity index (χ2n) is 6.54. The summed E-state index contributed by atoms with van der Waals surface area (Å²) in [6, 6.07) is 29.8. The molecule has 3 rings (SSSR count). The number of isocyanates is 1. The van der Waals surface area contributed by atoms with Gasteiger partial charge in [0, 0.05) is 13.1 Å². The molecule has 0 bridgehead atoms. The monoisotopic (exact) mass is 401 g/mol. The van der Waals surface area contributed by atoms with Gasteiger partial charge in [0.15, 0.2) is 0 Å². The van der Waals surface area contributed by atoms with E-state index < -0.39 is 0 Å². The van der Waals surface area contributed by atoms with E-state index in [0.717, 1.165) is 18.4 Å². The SMILES string of the molecule is O=C(NCCc1ccccc1)NCc1ccccc1.O=C=NCCc1ccccc1. The molecule has 30 heavy (non-hydrogen) atoms. The van der Waals surface area contributed by atoms with Crippen molar-refractivity contribution >= 4 is 12.1 Å². The smallest absolute Gasteiger partial charge is 0.315 e. The second kappa shape index (κ2) is 14.3. The number of hydrogen-bond donors (Lipinski definition) is 2. The Labute approximate surface area is 177 Å². The van der Waals surface area contributed by atoms with Crippen LogP contribution >= 0.6 is 0 Å². The highest BCUT2D eigenvalue weighted by atomic mass is 16.2. The standard InChI is InChI=1S/C16H18N2O.C9H9NO/c19-16(18-13-15-9-5-2-6-10-15)17-12-11-14-7-3-1-4-8-14;11-8-10-7-6-9-4-2-1-3-5-9/h1-10H,11-13H2,(H2,17,18,19);1-5H,6-7H2. The average Bonchev–Trinajstić information content (AvgIpc) is 2.80. The number of benzene rings is 3. The quantitative estimate of drug-likeness (QED) is 0.437. The molecular formula is C25H27N3O2. The zero-order chi connectivity index (χ0) is 21.3. The predicted octanol–water partition coefficient (Wildman–Crippen LogP) is 4.29. The number of hydrogen-bond acceptors (Lipinski definition) is 3. The highest BCUT2D eigenvalue weighted by Gasteiger charge is 1.99. The molecule has 0 saturated heterocycles. The molecule has 0 fully saturated rings. The fraction of sp³-hybridized carbons (Fsp3) is 0.200. The molecule has 0 spiro atoms. The fourth-order valence-electron chi connectivity index (χ4n) is 2.68. The number of carbonyl (C=O) groups is 1. The molecule has 0 aliphatic rings. The van der Waals surface area contributed by atoms with Crippen LogP contribution in [0, 0.1) is 0 Å². The predicted molar refractivity (Wildman–Crippen MR) is 120 cm³/mol. The Bertz CT molecular complexity index is 893. The summed E-state index contributed by atoms with van der Waals surface area (Å²) in [5.41, 5.74) is 3.53. The topological polar surface area (TPSA) is 70.6 Å². The number of urea groups is 1. The Morgan fingerprint density at radius 1 is 0.700 bits per heavy atom. The van der Waals surface area contributed by atoms with Crippen LogP contribution in [0.1, 0.15) is 16.7 Å². The molecule has 0 aliphatic heterocycles. The van der Waals surface area contributed by atoms with Gasteiger partial charge in [-0.15, -0.1) is 0 Å². The van der Waals surface area contributed by atoms with Gasteiger partial charge in [0.25, 0.3) is 0 Å². The number of carbonyl (C=O) groups excluding carboxylic acids is 2. The molecule has 2 amide bonds. The van der Waals surface area contributed by atoms with E-state index in [4.69, 9.17) is 0 Å². The third kappa shape index (κ3) is 10.0. The van der Waals surface area contributed by atoms with Gasteiger partial charge in [-0.25, -0.2) is 14.6 Å². The largest absolute Gasteiger partial charge is 0.338 e.